The molecule has 2 saturated carbocycles. The molecule has 2 fully saturated rings. The minimum absolute atomic E-state index is 0.0913. The molecule has 140 valence electrons. The van der Waals surface area contributed by atoms with Crippen LogP contribution in [0.25, 0.3) is 0 Å². The molecular weight excluding hydrogens is 328 g/mol. The highest BCUT2D eigenvalue weighted by Gasteiger charge is 2.72. The van der Waals surface area contributed by atoms with Crippen LogP contribution in [0.5, 0.6) is 5.75 Å². The number of ether oxygens (including phenoxy) is 3. The fourth-order valence-electron chi connectivity index (χ4n) is 5.56. The van der Waals surface area contributed by atoms with Gasteiger partial charge in [0.25, 0.3) is 0 Å². The monoisotopic (exact) mass is 356 g/mol. The van der Waals surface area contributed by atoms with Gasteiger partial charge in [0, 0.05) is 11.5 Å². The van der Waals surface area contributed by atoms with Crippen LogP contribution in [0.15, 0.2) is 35.9 Å². The zero-order valence-corrected chi connectivity index (χ0v) is 16.1. The van der Waals surface area contributed by atoms with Gasteiger partial charge in [0.05, 0.1) is 19.8 Å². The smallest absolute Gasteiger partial charge is 0.331 e. The molecule has 4 heteroatoms. The first-order valence-corrected chi connectivity index (χ1v) is 9.48. The molecule has 1 aliphatic heterocycles. The first kappa shape index (κ1) is 17.6. The summed E-state index contributed by atoms with van der Waals surface area (Å²) in [7, 11) is 1.68. The summed E-state index contributed by atoms with van der Waals surface area (Å²) in [5.41, 5.74) is 2.68. The van der Waals surface area contributed by atoms with E-state index >= 15 is 0 Å². The highest BCUT2D eigenvalue weighted by Crippen LogP contribution is 2.74. The number of carbonyl (C=O) groups is 1. The molecule has 1 aromatic carbocycles. The van der Waals surface area contributed by atoms with Gasteiger partial charge < -0.3 is 14.2 Å². The van der Waals surface area contributed by atoms with Crippen LogP contribution in [0.2, 0.25) is 0 Å². The molecule has 0 bridgehead atoms. The minimum Gasteiger partial charge on any atom is -0.497 e. The topological polar surface area (TPSA) is 44.8 Å². The molecule has 26 heavy (non-hydrogen) atoms. The number of methoxy groups -OCH3 is 1. The Labute approximate surface area is 155 Å². The van der Waals surface area contributed by atoms with E-state index in [4.69, 9.17) is 14.2 Å². The maximum atomic E-state index is 11.6. The predicted molar refractivity (Wildman–Crippen MR) is 98.7 cm³/mol. The molecule has 4 nitrogen and oxygen atoms in total. The predicted octanol–water partition coefficient (Wildman–Crippen LogP) is 4.14. The normalized spacial score (nSPS) is 34.7. The zero-order chi connectivity index (χ0) is 18.5. The summed E-state index contributed by atoms with van der Waals surface area (Å²) in [5.74, 6) is 1.61. The standard InChI is InChI=1S/C22H28O4/c1-21(2)10-9-17(25-12-14-5-7-16(24-4)8-6-14)22(3)19(20(21)22)15-11-18(23)26-13-15/h5-8,11,17,19-20H,9-10,12-13H2,1-4H3/t17-,19+,20+,22+/m0/s1. The van der Waals surface area contributed by atoms with Crippen molar-refractivity contribution in [2.24, 2.45) is 22.7 Å². The Morgan fingerprint density at radius 1 is 1.19 bits per heavy atom. The lowest BCUT2D eigenvalue weighted by Crippen LogP contribution is -2.35. The number of rotatable bonds is 5. The molecule has 0 saturated heterocycles. The van der Waals surface area contributed by atoms with Crippen molar-refractivity contribution in [3.63, 3.8) is 0 Å². The van der Waals surface area contributed by atoms with Crippen molar-refractivity contribution in [2.45, 2.75) is 46.3 Å². The Morgan fingerprint density at radius 2 is 1.92 bits per heavy atom. The largest absolute Gasteiger partial charge is 0.497 e. The van der Waals surface area contributed by atoms with E-state index in [1.165, 1.54) is 0 Å². The molecule has 0 radical (unpaired) electrons. The van der Waals surface area contributed by atoms with Gasteiger partial charge >= 0.3 is 5.97 Å². The van der Waals surface area contributed by atoms with Crippen molar-refractivity contribution in [3.8, 4) is 5.75 Å². The van der Waals surface area contributed by atoms with E-state index < -0.39 is 0 Å². The van der Waals surface area contributed by atoms with Crippen molar-refractivity contribution in [1.82, 2.24) is 0 Å². The van der Waals surface area contributed by atoms with Gasteiger partial charge in [0.2, 0.25) is 0 Å². The Balaban J connectivity index is 1.50. The number of carbonyl (C=O) groups excluding carboxylic acids is 1. The van der Waals surface area contributed by atoms with E-state index in [2.05, 4.69) is 32.9 Å². The van der Waals surface area contributed by atoms with Gasteiger partial charge in [-0.25, -0.2) is 4.79 Å². The molecule has 1 heterocycles. The van der Waals surface area contributed by atoms with E-state index in [1.54, 1.807) is 13.2 Å². The van der Waals surface area contributed by atoms with E-state index in [-0.39, 0.29) is 22.9 Å². The quantitative estimate of drug-likeness (QED) is 0.744. The van der Waals surface area contributed by atoms with Crippen LogP contribution in [-0.2, 0) is 20.9 Å². The van der Waals surface area contributed by atoms with Crippen molar-refractivity contribution < 1.29 is 19.0 Å². The minimum atomic E-state index is -0.194. The van der Waals surface area contributed by atoms with Gasteiger partial charge in [0.15, 0.2) is 0 Å². The highest BCUT2D eigenvalue weighted by atomic mass is 16.5. The summed E-state index contributed by atoms with van der Waals surface area (Å²) < 4.78 is 16.8. The lowest BCUT2D eigenvalue weighted by molar-refractivity contribution is -0.134. The zero-order valence-electron chi connectivity index (χ0n) is 16.1. The van der Waals surface area contributed by atoms with Gasteiger partial charge in [-0.3, -0.25) is 0 Å². The lowest BCUT2D eigenvalue weighted by atomic mass is 9.71. The van der Waals surface area contributed by atoms with Gasteiger partial charge in [-0.15, -0.1) is 0 Å². The first-order chi connectivity index (χ1) is 12.4. The van der Waals surface area contributed by atoms with Crippen LogP contribution in [-0.4, -0.2) is 25.8 Å². The maximum absolute atomic E-state index is 11.6. The third-order valence-electron chi connectivity index (χ3n) is 6.85. The molecule has 4 rings (SSSR count). The lowest BCUT2D eigenvalue weighted by Gasteiger charge is -2.38. The molecule has 0 spiro atoms. The van der Waals surface area contributed by atoms with Gasteiger partial charge in [-0.2, -0.15) is 0 Å². The number of esters is 1. The first-order valence-electron chi connectivity index (χ1n) is 9.48. The van der Waals surface area contributed by atoms with Crippen LogP contribution in [0.3, 0.4) is 0 Å². The van der Waals surface area contributed by atoms with Crippen molar-refractivity contribution in [1.29, 1.82) is 0 Å². The summed E-state index contributed by atoms with van der Waals surface area (Å²) in [6, 6.07) is 8.06. The Hall–Kier alpha value is -1.81. The molecule has 0 unspecified atom stereocenters. The average Bonchev–Trinajstić information content (AvgIpc) is 3.07. The van der Waals surface area contributed by atoms with Crippen molar-refractivity contribution in [3.05, 3.63) is 41.5 Å². The molecular formula is C22H28O4. The third kappa shape index (κ3) is 2.75. The second kappa shape index (κ2) is 6.12. The van der Waals surface area contributed by atoms with Crippen molar-refractivity contribution >= 4 is 5.97 Å². The number of fused-ring (bicyclic) bond motifs is 1. The van der Waals surface area contributed by atoms with E-state index in [9.17, 15) is 4.79 Å². The number of hydrogen-bond acceptors (Lipinski definition) is 4. The highest BCUT2D eigenvalue weighted by molar-refractivity contribution is 5.85. The Bertz CT molecular complexity index is 733. The molecule has 2 aliphatic carbocycles. The number of benzene rings is 1. The summed E-state index contributed by atoms with van der Waals surface area (Å²) >= 11 is 0. The summed E-state index contributed by atoms with van der Waals surface area (Å²) in [6.07, 6.45) is 4.14. The number of hydrogen-bond donors (Lipinski definition) is 0. The van der Waals surface area contributed by atoms with Crippen LogP contribution in [0.1, 0.15) is 39.2 Å². The average molecular weight is 356 g/mol. The van der Waals surface area contributed by atoms with E-state index in [0.29, 0.717) is 25.0 Å². The fourth-order valence-corrected chi connectivity index (χ4v) is 5.56. The van der Waals surface area contributed by atoms with Gasteiger partial charge in [-0.1, -0.05) is 32.9 Å². The second-order valence-electron chi connectivity index (χ2n) is 8.82. The van der Waals surface area contributed by atoms with Gasteiger partial charge in [0.1, 0.15) is 12.4 Å². The summed E-state index contributed by atoms with van der Waals surface area (Å²) in [6.45, 7) is 8.11. The van der Waals surface area contributed by atoms with Gasteiger partial charge in [-0.05, 0) is 53.4 Å². The van der Waals surface area contributed by atoms with Crippen LogP contribution in [0, 0.1) is 22.7 Å². The van der Waals surface area contributed by atoms with Crippen LogP contribution >= 0.6 is 0 Å². The Kier molecular flexibility index (Phi) is 4.14. The molecule has 3 aliphatic rings. The maximum Gasteiger partial charge on any atom is 0.331 e. The molecule has 4 atom stereocenters. The molecule has 0 aromatic heterocycles. The second-order valence-corrected chi connectivity index (χ2v) is 8.82. The van der Waals surface area contributed by atoms with Crippen molar-refractivity contribution in [2.75, 3.05) is 13.7 Å². The third-order valence-corrected chi connectivity index (χ3v) is 6.85. The molecule has 0 N–H and O–H groups in total. The Morgan fingerprint density at radius 3 is 2.54 bits per heavy atom. The van der Waals surface area contributed by atoms with E-state index in [0.717, 1.165) is 29.7 Å². The molecule has 1 aromatic rings. The molecule has 0 amide bonds. The van der Waals surface area contributed by atoms with E-state index in [1.807, 2.05) is 12.1 Å². The SMILES string of the molecule is COc1ccc(CO[C@H]2CCC(C)(C)[C@H]3[C@@H](C4=CC(=O)OC4)[C@@]23C)cc1. The number of cyclic esters (lactones) is 1. The summed E-state index contributed by atoms with van der Waals surface area (Å²) in [5, 5.41) is 0. The van der Waals surface area contributed by atoms with Crippen LogP contribution < -0.4 is 4.74 Å². The fraction of sp³-hybridized carbons (Fsp3) is 0.591. The summed E-state index contributed by atoms with van der Waals surface area (Å²) in [4.78, 5) is 11.6. The van der Waals surface area contributed by atoms with Crippen LogP contribution in [0.4, 0.5) is 0 Å².